The number of benzene rings is 3. The Hall–Kier alpha value is -3.73. The summed E-state index contributed by atoms with van der Waals surface area (Å²) in [7, 11) is 0. The number of carboxylic acids is 1. The van der Waals surface area contributed by atoms with Crippen molar-refractivity contribution in [2.75, 3.05) is 41.9 Å². The molecular weight excluding hydrogens is 658 g/mol. The monoisotopic (exact) mass is 689 g/mol. The van der Waals surface area contributed by atoms with Crippen molar-refractivity contribution in [1.82, 2.24) is 4.90 Å². The minimum absolute atomic E-state index is 0.0199. The second kappa shape index (κ2) is 13.5. The number of hydrogen-bond donors (Lipinski definition) is 1. The normalized spacial score (nSPS) is 13.7. The third-order valence-electron chi connectivity index (χ3n) is 7.85. The number of carbonyl (C=O) groups excluding carboxylic acids is 1. The highest BCUT2D eigenvalue weighted by atomic mass is 79.9. The lowest BCUT2D eigenvalue weighted by Crippen LogP contribution is -2.35. The highest BCUT2D eigenvalue weighted by Gasteiger charge is 2.25. The number of aromatic carboxylic acids is 1. The maximum atomic E-state index is 13.3. The maximum Gasteiger partial charge on any atom is 0.372 e. The summed E-state index contributed by atoms with van der Waals surface area (Å²) < 4.78 is 8.80. The molecule has 1 aliphatic rings. The van der Waals surface area contributed by atoms with Gasteiger partial charge in [-0.25, -0.2) is 4.79 Å². The SMILES string of the molecule is Cc1c(C(=O)O)oc2ccc(SN(CCc3ccccc3)c3ccccc3N3CCCN(C(=O)c4sccc4Br)CC3)cc12. The van der Waals surface area contributed by atoms with Crippen LogP contribution in [-0.4, -0.2) is 54.6 Å². The summed E-state index contributed by atoms with van der Waals surface area (Å²) >= 11 is 6.64. The van der Waals surface area contributed by atoms with Gasteiger partial charge in [-0.1, -0.05) is 42.5 Å². The molecule has 10 heteroatoms. The van der Waals surface area contributed by atoms with Gasteiger partial charge < -0.3 is 23.6 Å². The van der Waals surface area contributed by atoms with Crippen molar-refractivity contribution in [1.29, 1.82) is 0 Å². The second-order valence-corrected chi connectivity index (χ2v) is 13.5. The summed E-state index contributed by atoms with van der Waals surface area (Å²) in [6.07, 6.45) is 1.73. The number of furan rings is 1. The molecule has 3 heterocycles. The van der Waals surface area contributed by atoms with E-state index >= 15 is 0 Å². The molecule has 0 spiro atoms. The van der Waals surface area contributed by atoms with Gasteiger partial charge in [0.25, 0.3) is 5.91 Å². The van der Waals surface area contributed by atoms with Gasteiger partial charge in [0.2, 0.25) is 5.76 Å². The lowest BCUT2D eigenvalue weighted by atomic mass is 10.1. The lowest BCUT2D eigenvalue weighted by molar-refractivity contribution is 0.0663. The van der Waals surface area contributed by atoms with Crippen molar-refractivity contribution in [3.05, 3.63) is 110 Å². The van der Waals surface area contributed by atoms with E-state index in [0.29, 0.717) is 17.7 Å². The zero-order chi connectivity index (χ0) is 30.6. The molecule has 44 heavy (non-hydrogen) atoms. The molecule has 0 atom stereocenters. The van der Waals surface area contributed by atoms with Gasteiger partial charge in [0.15, 0.2) is 0 Å². The number of carbonyl (C=O) groups is 2. The molecule has 0 unspecified atom stereocenters. The molecule has 1 fully saturated rings. The molecule has 3 aromatic carbocycles. The van der Waals surface area contributed by atoms with Crippen LogP contribution in [0.4, 0.5) is 11.4 Å². The molecule has 1 aliphatic heterocycles. The number of amides is 1. The molecule has 5 aromatic rings. The Morgan fingerprint density at radius 1 is 1.00 bits per heavy atom. The van der Waals surface area contributed by atoms with Crippen LogP contribution in [0.2, 0.25) is 0 Å². The zero-order valence-corrected chi connectivity index (χ0v) is 27.5. The number of para-hydroxylation sites is 2. The van der Waals surface area contributed by atoms with Crippen LogP contribution in [0.15, 0.2) is 98.0 Å². The van der Waals surface area contributed by atoms with Crippen molar-refractivity contribution in [3.63, 3.8) is 0 Å². The Morgan fingerprint density at radius 2 is 1.80 bits per heavy atom. The van der Waals surface area contributed by atoms with Crippen LogP contribution in [0.1, 0.15) is 37.8 Å². The Bertz CT molecular complexity index is 1790. The maximum absolute atomic E-state index is 13.3. The minimum atomic E-state index is -1.06. The zero-order valence-electron chi connectivity index (χ0n) is 24.2. The van der Waals surface area contributed by atoms with Gasteiger partial charge in [0.05, 0.1) is 11.4 Å². The Morgan fingerprint density at radius 3 is 2.57 bits per heavy atom. The lowest BCUT2D eigenvalue weighted by Gasteiger charge is -2.31. The first-order valence-electron chi connectivity index (χ1n) is 14.5. The van der Waals surface area contributed by atoms with Gasteiger partial charge in [0.1, 0.15) is 10.5 Å². The second-order valence-electron chi connectivity index (χ2n) is 10.7. The first kappa shape index (κ1) is 30.3. The van der Waals surface area contributed by atoms with Gasteiger partial charge in [-0.3, -0.25) is 4.79 Å². The molecule has 6 rings (SSSR count). The van der Waals surface area contributed by atoms with Gasteiger partial charge >= 0.3 is 5.97 Å². The van der Waals surface area contributed by atoms with E-state index in [0.717, 1.165) is 70.0 Å². The number of fused-ring (bicyclic) bond motifs is 1. The van der Waals surface area contributed by atoms with E-state index in [-0.39, 0.29) is 11.7 Å². The summed E-state index contributed by atoms with van der Waals surface area (Å²) in [5.74, 6) is -1.00. The van der Waals surface area contributed by atoms with E-state index in [4.69, 9.17) is 4.42 Å². The van der Waals surface area contributed by atoms with Crippen LogP contribution in [0.5, 0.6) is 0 Å². The van der Waals surface area contributed by atoms with E-state index in [9.17, 15) is 14.7 Å². The van der Waals surface area contributed by atoms with Gasteiger partial charge in [-0.15, -0.1) is 11.3 Å². The quantitative estimate of drug-likeness (QED) is 0.156. The van der Waals surface area contributed by atoms with E-state index in [2.05, 4.69) is 73.7 Å². The molecule has 1 saturated heterocycles. The number of halogens is 1. The topological polar surface area (TPSA) is 77.2 Å². The minimum Gasteiger partial charge on any atom is -0.475 e. The van der Waals surface area contributed by atoms with E-state index in [1.165, 1.54) is 16.9 Å². The predicted octanol–water partition coefficient (Wildman–Crippen LogP) is 8.37. The van der Waals surface area contributed by atoms with E-state index in [1.54, 1.807) is 18.9 Å². The van der Waals surface area contributed by atoms with Crippen molar-refractivity contribution in [3.8, 4) is 0 Å². The molecule has 7 nitrogen and oxygen atoms in total. The highest BCUT2D eigenvalue weighted by Crippen LogP contribution is 2.39. The van der Waals surface area contributed by atoms with Crippen LogP contribution < -0.4 is 9.21 Å². The van der Waals surface area contributed by atoms with Gasteiger partial charge in [-0.2, -0.15) is 0 Å². The van der Waals surface area contributed by atoms with Crippen LogP contribution in [0.25, 0.3) is 11.0 Å². The molecule has 0 aliphatic carbocycles. The fourth-order valence-electron chi connectivity index (χ4n) is 5.57. The predicted molar refractivity (Wildman–Crippen MR) is 182 cm³/mol. The molecule has 2 aromatic heterocycles. The number of thiophene rings is 1. The van der Waals surface area contributed by atoms with Crippen molar-refractivity contribution in [2.24, 2.45) is 0 Å². The number of nitrogens with zero attached hydrogens (tertiary/aromatic N) is 3. The van der Waals surface area contributed by atoms with Crippen molar-refractivity contribution >= 4 is 73.4 Å². The van der Waals surface area contributed by atoms with Crippen LogP contribution >= 0.6 is 39.2 Å². The summed E-state index contributed by atoms with van der Waals surface area (Å²) in [5, 5.41) is 12.3. The number of aryl methyl sites for hydroxylation is 1. The summed E-state index contributed by atoms with van der Waals surface area (Å²) in [4.78, 5) is 31.0. The average molecular weight is 691 g/mol. The van der Waals surface area contributed by atoms with Gasteiger partial charge in [0, 0.05) is 53.0 Å². The van der Waals surface area contributed by atoms with Gasteiger partial charge in [-0.05, 0) is 95.0 Å². The smallest absolute Gasteiger partial charge is 0.372 e. The van der Waals surface area contributed by atoms with Crippen molar-refractivity contribution in [2.45, 2.75) is 24.7 Å². The Labute approximate surface area is 273 Å². The molecule has 0 bridgehead atoms. The molecule has 1 amide bonds. The van der Waals surface area contributed by atoms with Crippen LogP contribution in [0.3, 0.4) is 0 Å². The Kier molecular flexibility index (Phi) is 9.30. The molecule has 1 N–H and O–H groups in total. The average Bonchev–Trinajstić information content (AvgIpc) is 3.52. The molecular formula is C34H32BrN3O4S2. The summed E-state index contributed by atoms with van der Waals surface area (Å²) in [6, 6.07) is 26.7. The number of carboxylic acid groups (broad SMARTS) is 1. The number of anilines is 2. The summed E-state index contributed by atoms with van der Waals surface area (Å²) in [5.41, 5.74) is 4.69. The van der Waals surface area contributed by atoms with Crippen molar-refractivity contribution < 1.29 is 19.1 Å². The van der Waals surface area contributed by atoms with E-state index in [1.807, 2.05) is 40.6 Å². The Balaban J connectivity index is 1.28. The first-order chi connectivity index (χ1) is 21.4. The van der Waals surface area contributed by atoms with E-state index < -0.39 is 5.97 Å². The van der Waals surface area contributed by atoms with Crippen LogP contribution in [0, 0.1) is 6.92 Å². The third-order valence-corrected chi connectivity index (χ3v) is 10.7. The fraction of sp³-hybridized carbons (Fsp3) is 0.235. The highest BCUT2D eigenvalue weighted by molar-refractivity contribution is 9.10. The number of rotatable bonds is 9. The summed E-state index contributed by atoms with van der Waals surface area (Å²) in [6.45, 7) is 5.51. The molecule has 0 saturated carbocycles. The third kappa shape index (κ3) is 6.52. The largest absolute Gasteiger partial charge is 0.475 e. The first-order valence-corrected chi connectivity index (χ1v) is 17.0. The van der Waals surface area contributed by atoms with Crippen LogP contribution in [-0.2, 0) is 6.42 Å². The fourth-order valence-corrected chi connectivity index (χ4v) is 8.07. The number of hydrogen-bond acceptors (Lipinski definition) is 7. The molecule has 226 valence electrons. The molecule has 0 radical (unpaired) electrons. The standard InChI is InChI=1S/C34H32BrN3O4S2/c1-23-26-22-25(12-13-30(26)42-31(23)34(40)41)44-38(18-14-24-8-3-2-4-9-24)29-11-6-5-10-28(29)36-16-7-17-37(20-19-36)33(39)32-27(35)15-21-43-32/h2-6,8-13,15,21-22H,7,14,16-20H2,1H3,(H,40,41).